The molecule has 1 rings (SSSR count). The van der Waals surface area contributed by atoms with Crippen LogP contribution in [0.5, 0.6) is 0 Å². The number of carbonyl (C=O) groups excluding carboxylic acids is 1. The Labute approximate surface area is 140 Å². The number of amides is 1. The summed E-state index contributed by atoms with van der Waals surface area (Å²) >= 11 is 4.79. The fourth-order valence-corrected chi connectivity index (χ4v) is 4.38. The maximum absolute atomic E-state index is 11.7. The van der Waals surface area contributed by atoms with Gasteiger partial charge < -0.3 is 5.32 Å². The van der Waals surface area contributed by atoms with Gasteiger partial charge in [0.05, 0.1) is 5.75 Å². The van der Waals surface area contributed by atoms with Gasteiger partial charge in [0.25, 0.3) is 0 Å². The molecule has 1 aromatic rings. The predicted molar refractivity (Wildman–Crippen MR) is 93.3 cm³/mol. The van der Waals surface area contributed by atoms with Gasteiger partial charge in [0, 0.05) is 12.3 Å². The van der Waals surface area contributed by atoms with Crippen LogP contribution in [0.25, 0.3) is 0 Å². The summed E-state index contributed by atoms with van der Waals surface area (Å²) in [7, 11) is 0. The summed E-state index contributed by atoms with van der Waals surface area (Å²) in [6.07, 6.45) is 3.38. The van der Waals surface area contributed by atoms with Gasteiger partial charge in [-0.25, -0.2) is 0 Å². The Balaban J connectivity index is 2.20. The minimum atomic E-state index is 0.0691. The first kappa shape index (κ1) is 18.8. The Kier molecular flexibility index (Phi) is 8.66. The molecule has 21 heavy (non-hydrogen) atoms. The molecule has 1 aromatic heterocycles. The number of rotatable bonds is 9. The van der Waals surface area contributed by atoms with Gasteiger partial charge >= 0.3 is 0 Å². The maximum Gasteiger partial charge on any atom is 0.230 e. The third kappa shape index (κ3) is 9.37. The van der Waals surface area contributed by atoms with Crippen LogP contribution in [0.4, 0.5) is 0 Å². The highest BCUT2D eigenvalue weighted by Crippen LogP contribution is 2.29. The summed E-state index contributed by atoms with van der Waals surface area (Å²) in [6, 6.07) is 0. The molecule has 0 bridgehead atoms. The third-order valence-corrected chi connectivity index (χ3v) is 5.91. The second kappa shape index (κ2) is 9.69. The van der Waals surface area contributed by atoms with Crippen molar-refractivity contribution in [2.45, 2.75) is 55.6 Å². The van der Waals surface area contributed by atoms with Crippen LogP contribution in [0, 0.1) is 5.41 Å². The Morgan fingerprint density at radius 1 is 1.24 bits per heavy atom. The summed E-state index contributed by atoms with van der Waals surface area (Å²) in [5, 5.41) is 11.2. The first-order valence-electron chi connectivity index (χ1n) is 7.26. The Morgan fingerprint density at radius 3 is 2.52 bits per heavy atom. The molecule has 7 heteroatoms. The lowest BCUT2D eigenvalue weighted by atomic mass is 9.92. The highest BCUT2D eigenvalue weighted by Gasteiger charge is 2.11. The molecule has 0 spiro atoms. The normalized spacial score (nSPS) is 11.6. The molecular weight excluding hydrogens is 322 g/mol. The van der Waals surface area contributed by atoms with Crippen LogP contribution in [-0.2, 0) is 4.79 Å². The molecule has 1 N–H and O–H groups in total. The molecule has 0 aliphatic carbocycles. The van der Waals surface area contributed by atoms with E-state index in [9.17, 15) is 4.79 Å². The number of thioether (sulfide) groups is 2. The molecule has 0 aliphatic rings. The minimum absolute atomic E-state index is 0.0691. The fourth-order valence-electron chi connectivity index (χ4n) is 1.37. The van der Waals surface area contributed by atoms with Gasteiger partial charge in [-0.3, -0.25) is 4.79 Å². The smallest absolute Gasteiger partial charge is 0.230 e. The average Bonchev–Trinajstić information content (AvgIpc) is 2.83. The zero-order chi connectivity index (χ0) is 15.7. The van der Waals surface area contributed by atoms with E-state index in [2.05, 4.69) is 43.2 Å². The van der Waals surface area contributed by atoms with Crippen LogP contribution in [0.3, 0.4) is 0 Å². The summed E-state index contributed by atoms with van der Waals surface area (Å²) in [6.45, 7) is 9.43. The van der Waals surface area contributed by atoms with Crippen LogP contribution in [-0.4, -0.2) is 34.2 Å². The second-order valence-corrected chi connectivity index (χ2v) is 9.53. The molecule has 0 fully saturated rings. The van der Waals surface area contributed by atoms with Gasteiger partial charge in [-0.05, 0) is 18.3 Å². The lowest BCUT2D eigenvalue weighted by Crippen LogP contribution is -2.28. The Hall–Kier alpha value is -0.270. The van der Waals surface area contributed by atoms with Crippen LogP contribution in [0.2, 0.25) is 0 Å². The van der Waals surface area contributed by atoms with E-state index in [0.717, 1.165) is 27.4 Å². The van der Waals surface area contributed by atoms with Crippen LogP contribution >= 0.6 is 34.9 Å². The summed E-state index contributed by atoms with van der Waals surface area (Å²) in [5.74, 6) is 1.57. The molecule has 0 unspecified atom stereocenters. The SMILES string of the molecule is CCCCSc1nnc(SCC(=O)NCCC(C)(C)C)s1. The number of nitrogens with zero attached hydrogens (tertiary/aromatic N) is 2. The van der Waals surface area contributed by atoms with Gasteiger partial charge in [-0.15, -0.1) is 10.2 Å². The van der Waals surface area contributed by atoms with E-state index in [1.807, 2.05) is 0 Å². The van der Waals surface area contributed by atoms with Gasteiger partial charge in [0.1, 0.15) is 0 Å². The molecule has 0 aliphatic heterocycles. The quantitative estimate of drug-likeness (QED) is 0.539. The molecule has 0 radical (unpaired) electrons. The molecule has 0 saturated carbocycles. The standard InChI is InChI=1S/C14H25N3OS3/c1-5-6-9-19-12-16-17-13(21-12)20-10-11(18)15-8-7-14(2,3)4/h5-10H2,1-4H3,(H,15,18). The Morgan fingerprint density at radius 2 is 1.90 bits per heavy atom. The molecular formula is C14H25N3OS3. The molecule has 4 nitrogen and oxygen atoms in total. The number of hydrogen-bond donors (Lipinski definition) is 1. The Bertz CT molecular complexity index is 429. The van der Waals surface area contributed by atoms with Crippen molar-refractivity contribution in [3.63, 3.8) is 0 Å². The van der Waals surface area contributed by atoms with E-state index in [-0.39, 0.29) is 11.3 Å². The van der Waals surface area contributed by atoms with Crippen molar-refractivity contribution in [2.24, 2.45) is 5.41 Å². The number of hydrogen-bond acceptors (Lipinski definition) is 6. The zero-order valence-electron chi connectivity index (χ0n) is 13.3. The highest BCUT2D eigenvalue weighted by atomic mass is 32.2. The van der Waals surface area contributed by atoms with Gasteiger partial charge in [-0.1, -0.05) is 69.0 Å². The van der Waals surface area contributed by atoms with Crippen LogP contribution in [0.15, 0.2) is 8.68 Å². The summed E-state index contributed by atoms with van der Waals surface area (Å²) < 4.78 is 1.87. The van der Waals surface area contributed by atoms with Gasteiger partial charge in [-0.2, -0.15) is 0 Å². The van der Waals surface area contributed by atoms with Gasteiger partial charge in [0.2, 0.25) is 5.91 Å². The lowest BCUT2D eigenvalue weighted by Gasteiger charge is -2.17. The maximum atomic E-state index is 11.7. The van der Waals surface area contributed by atoms with Crippen LogP contribution < -0.4 is 5.32 Å². The largest absolute Gasteiger partial charge is 0.355 e. The lowest BCUT2D eigenvalue weighted by molar-refractivity contribution is -0.118. The van der Waals surface area contributed by atoms with Crippen molar-refractivity contribution in [3.8, 4) is 0 Å². The van der Waals surface area contributed by atoms with Crippen molar-refractivity contribution < 1.29 is 4.79 Å². The summed E-state index contributed by atoms with van der Waals surface area (Å²) in [5.41, 5.74) is 0.254. The first-order chi connectivity index (χ1) is 9.90. The second-order valence-electron chi connectivity index (χ2n) is 5.99. The third-order valence-electron chi connectivity index (χ3n) is 2.64. The van der Waals surface area contributed by atoms with E-state index in [4.69, 9.17) is 0 Å². The van der Waals surface area contributed by atoms with Gasteiger partial charge in [0.15, 0.2) is 8.68 Å². The minimum Gasteiger partial charge on any atom is -0.355 e. The summed E-state index contributed by atoms with van der Waals surface area (Å²) in [4.78, 5) is 11.7. The number of unbranched alkanes of at least 4 members (excludes halogenated alkanes) is 1. The van der Waals surface area contributed by atoms with Crippen LogP contribution in [0.1, 0.15) is 47.0 Å². The molecule has 0 atom stereocenters. The van der Waals surface area contributed by atoms with Crippen molar-refractivity contribution >= 4 is 40.8 Å². The first-order valence-corrected chi connectivity index (χ1v) is 10.1. The van der Waals surface area contributed by atoms with E-state index in [1.165, 1.54) is 24.6 Å². The van der Waals surface area contributed by atoms with E-state index < -0.39 is 0 Å². The average molecular weight is 348 g/mol. The highest BCUT2D eigenvalue weighted by molar-refractivity contribution is 8.03. The van der Waals surface area contributed by atoms with Crippen molar-refractivity contribution in [1.82, 2.24) is 15.5 Å². The predicted octanol–water partition coefficient (Wildman–Crippen LogP) is 4.07. The molecule has 120 valence electrons. The van der Waals surface area contributed by atoms with E-state index in [1.54, 1.807) is 23.1 Å². The van der Waals surface area contributed by atoms with E-state index in [0.29, 0.717) is 5.75 Å². The number of carbonyl (C=O) groups is 1. The molecule has 0 aromatic carbocycles. The van der Waals surface area contributed by atoms with E-state index >= 15 is 0 Å². The molecule has 1 heterocycles. The fraction of sp³-hybridized carbons (Fsp3) is 0.786. The molecule has 0 saturated heterocycles. The zero-order valence-corrected chi connectivity index (χ0v) is 15.7. The monoisotopic (exact) mass is 347 g/mol. The molecule has 1 amide bonds. The van der Waals surface area contributed by atoms with Crippen molar-refractivity contribution in [1.29, 1.82) is 0 Å². The number of nitrogens with one attached hydrogen (secondary N) is 1. The topological polar surface area (TPSA) is 54.9 Å². The number of aromatic nitrogens is 2. The van der Waals surface area contributed by atoms with Crippen molar-refractivity contribution in [2.75, 3.05) is 18.1 Å². The van der Waals surface area contributed by atoms with Crippen molar-refractivity contribution in [3.05, 3.63) is 0 Å².